The Kier molecular flexibility index (Phi) is 5.48. The van der Waals surface area contributed by atoms with Gasteiger partial charge >= 0.3 is 0 Å². The number of hydrogen-bond acceptors (Lipinski definition) is 3. The normalized spacial score (nSPS) is 20.6. The second-order valence-electron chi connectivity index (χ2n) is 5.70. The SMILES string of the molecule is CC(=O)CCC1CCN(Cc2ccccc2)CCC1=O. The summed E-state index contributed by atoms with van der Waals surface area (Å²) in [6.45, 7) is 4.30. The topological polar surface area (TPSA) is 37.4 Å². The van der Waals surface area contributed by atoms with Crippen LogP contribution in [0.1, 0.15) is 38.2 Å². The number of rotatable bonds is 5. The van der Waals surface area contributed by atoms with Gasteiger partial charge in [0, 0.05) is 31.8 Å². The van der Waals surface area contributed by atoms with E-state index in [-0.39, 0.29) is 11.7 Å². The molecule has 3 heteroatoms. The van der Waals surface area contributed by atoms with Gasteiger partial charge in [-0.2, -0.15) is 0 Å². The summed E-state index contributed by atoms with van der Waals surface area (Å²) in [7, 11) is 0. The fourth-order valence-corrected chi connectivity index (χ4v) is 2.77. The van der Waals surface area contributed by atoms with Crippen LogP contribution in [0.15, 0.2) is 30.3 Å². The molecule has 0 amide bonds. The lowest BCUT2D eigenvalue weighted by molar-refractivity contribution is -0.123. The molecule has 1 heterocycles. The maximum Gasteiger partial charge on any atom is 0.137 e. The molecule has 1 aromatic rings. The van der Waals surface area contributed by atoms with Crippen molar-refractivity contribution in [3.05, 3.63) is 35.9 Å². The van der Waals surface area contributed by atoms with Gasteiger partial charge in [0.15, 0.2) is 0 Å². The monoisotopic (exact) mass is 273 g/mol. The molecule has 1 aliphatic rings. The molecule has 1 saturated heterocycles. The molecule has 1 atom stereocenters. The lowest BCUT2D eigenvalue weighted by Crippen LogP contribution is -2.24. The average Bonchev–Trinajstić information content (AvgIpc) is 2.61. The van der Waals surface area contributed by atoms with Gasteiger partial charge in [-0.1, -0.05) is 30.3 Å². The molecule has 0 bridgehead atoms. The van der Waals surface area contributed by atoms with Crippen molar-refractivity contribution in [1.82, 2.24) is 4.90 Å². The number of likely N-dealkylation sites (tertiary alicyclic amines) is 1. The van der Waals surface area contributed by atoms with Gasteiger partial charge in [0.05, 0.1) is 0 Å². The van der Waals surface area contributed by atoms with Crippen LogP contribution in [-0.4, -0.2) is 29.6 Å². The minimum absolute atomic E-state index is 0.0830. The second-order valence-corrected chi connectivity index (χ2v) is 5.70. The molecule has 20 heavy (non-hydrogen) atoms. The predicted molar refractivity (Wildman–Crippen MR) is 79.4 cm³/mol. The Morgan fingerprint density at radius 3 is 2.70 bits per heavy atom. The van der Waals surface area contributed by atoms with Crippen molar-refractivity contribution in [1.29, 1.82) is 0 Å². The molecule has 0 spiro atoms. The summed E-state index contributed by atoms with van der Waals surface area (Å²) in [6.07, 6.45) is 2.77. The van der Waals surface area contributed by atoms with Crippen molar-refractivity contribution >= 4 is 11.6 Å². The van der Waals surface area contributed by atoms with E-state index >= 15 is 0 Å². The largest absolute Gasteiger partial charge is 0.300 e. The number of hydrogen-bond donors (Lipinski definition) is 0. The van der Waals surface area contributed by atoms with Crippen LogP contribution in [-0.2, 0) is 16.1 Å². The third-order valence-electron chi connectivity index (χ3n) is 4.02. The van der Waals surface area contributed by atoms with E-state index in [2.05, 4.69) is 17.0 Å². The summed E-state index contributed by atoms with van der Waals surface area (Å²) in [5, 5.41) is 0. The molecular formula is C17H23NO2. The van der Waals surface area contributed by atoms with Gasteiger partial charge in [0.2, 0.25) is 0 Å². The fraction of sp³-hybridized carbons (Fsp3) is 0.529. The van der Waals surface area contributed by atoms with E-state index in [0.717, 1.165) is 32.5 Å². The number of nitrogens with zero attached hydrogens (tertiary/aromatic N) is 1. The second kappa shape index (κ2) is 7.34. The van der Waals surface area contributed by atoms with Crippen molar-refractivity contribution in [2.24, 2.45) is 5.92 Å². The van der Waals surface area contributed by atoms with Crippen LogP contribution < -0.4 is 0 Å². The van der Waals surface area contributed by atoms with Crippen LogP contribution in [0.4, 0.5) is 0 Å². The molecule has 0 aromatic heterocycles. The summed E-state index contributed by atoms with van der Waals surface area (Å²) in [6, 6.07) is 10.4. The van der Waals surface area contributed by atoms with Crippen LogP contribution in [0.25, 0.3) is 0 Å². The van der Waals surface area contributed by atoms with E-state index in [1.165, 1.54) is 5.56 Å². The third-order valence-corrected chi connectivity index (χ3v) is 4.02. The first-order valence-corrected chi connectivity index (χ1v) is 7.43. The molecule has 1 aliphatic heterocycles. The number of ketones is 2. The standard InChI is InChI=1S/C17H23NO2/c1-14(19)7-8-16-9-11-18(12-10-17(16)20)13-15-5-3-2-4-6-15/h2-6,16H,7-13H2,1H3. The van der Waals surface area contributed by atoms with E-state index < -0.39 is 0 Å². The van der Waals surface area contributed by atoms with E-state index in [1.807, 2.05) is 18.2 Å². The van der Waals surface area contributed by atoms with Crippen LogP contribution >= 0.6 is 0 Å². The Labute approximate surface area is 121 Å². The highest BCUT2D eigenvalue weighted by molar-refractivity contribution is 5.82. The first-order valence-electron chi connectivity index (χ1n) is 7.43. The Morgan fingerprint density at radius 2 is 2.00 bits per heavy atom. The van der Waals surface area contributed by atoms with E-state index in [0.29, 0.717) is 18.6 Å². The molecule has 1 unspecified atom stereocenters. The van der Waals surface area contributed by atoms with Crippen LogP contribution in [0.5, 0.6) is 0 Å². The predicted octanol–water partition coefficient (Wildman–Crippen LogP) is 2.84. The summed E-state index contributed by atoms with van der Waals surface area (Å²) >= 11 is 0. The lowest BCUT2D eigenvalue weighted by atomic mass is 9.93. The van der Waals surface area contributed by atoms with E-state index in [1.54, 1.807) is 6.92 Å². The molecule has 3 nitrogen and oxygen atoms in total. The quantitative estimate of drug-likeness (QED) is 0.828. The van der Waals surface area contributed by atoms with Gasteiger partial charge in [0.1, 0.15) is 11.6 Å². The summed E-state index contributed by atoms with van der Waals surface area (Å²) in [5.74, 6) is 0.602. The van der Waals surface area contributed by atoms with Crippen molar-refractivity contribution in [3.8, 4) is 0 Å². The van der Waals surface area contributed by atoms with E-state index in [9.17, 15) is 9.59 Å². The number of carbonyl (C=O) groups is 2. The molecule has 1 aromatic carbocycles. The summed E-state index contributed by atoms with van der Waals surface area (Å²) < 4.78 is 0. The van der Waals surface area contributed by atoms with Crippen molar-refractivity contribution in [3.63, 3.8) is 0 Å². The van der Waals surface area contributed by atoms with Crippen LogP contribution in [0.3, 0.4) is 0 Å². The van der Waals surface area contributed by atoms with Crippen LogP contribution in [0.2, 0.25) is 0 Å². The lowest BCUT2D eigenvalue weighted by Gasteiger charge is -2.19. The molecule has 108 valence electrons. The molecular weight excluding hydrogens is 250 g/mol. The third kappa shape index (κ3) is 4.57. The number of benzene rings is 1. The minimum atomic E-state index is 0.0830. The van der Waals surface area contributed by atoms with Gasteiger partial charge in [-0.15, -0.1) is 0 Å². The zero-order chi connectivity index (χ0) is 14.4. The minimum Gasteiger partial charge on any atom is -0.300 e. The Hall–Kier alpha value is -1.48. The summed E-state index contributed by atoms with van der Waals surface area (Å²) in [4.78, 5) is 25.5. The number of carbonyl (C=O) groups excluding carboxylic acids is 2. The fourth-order valence-electron chi connectivity index (χ4n) is 2.77. The molecule has 0 radical (unpaired) electrons. The zero-order valence-electron chi connectivity index (χ0n) is 12.2. The Bertz CT molecular complexity index is 455. The zero-order valence-corrected chi connectivity index (χ0v) is 12.2. The average molecular weight is 273 g/mol. The molecule has 0 aliphatic carbocycles. The van der Waals surface area contributed by atoms with Crippen molar-refractivity contribution in [2.75, 3.05) is 13.1 Å². The highest BCUT2D eigenvalue weighted by Crippen LogP contribution is 2.20. The van der Waals surface area contributed by atoms with Gasteiger partial charge in [0.25, 0.3) is 0 Å². The smallest absolute Gasteiger partial charge is 0.137 e. The molecule has 2 rings (SSSR count). The first kappa shape index (κ1) is 14.9. The highest BCUT2D eigenvalue weighted by atomic mass is 16.1. The van der Waals surface area contributed by atoms with Gasteiger partial charge in [-0.25, -0.2) is 0 Å². The van der Waals surface area contributed by atoms with Crippen molar-refractivity contribution < 1.29 is 9.59 Å². The van der Waals surface area contributed by atoms with Gasteiger partial charge in [-0.3, -0.25) is 9.69 Å². The van der Waals surface area contributed by atoms with E-state index in [4.69, 9.17) is 0 Å². The molecule has 0 N–H and O–H groups in total. The Balaban J connectivity index is 1.87. The molecule has 0 saturated carbocycles. The maximum absolute atomic E-state index is 12.1. The Morgan fingerprint density at radius 1 is 1.25 bits per heavy atom. The highest BCUT2D eigenvalue weighted by Gasteiger charge is 2.24. The summed E-state index contributed by atoms with van der Waals surface area (Å²) in [5.41, 5.74) is 1.29. The van der Waals surface area contributed by atoms with Gasteiger partial charge < -0.3 is 4.79 Å². The number of Topliss-reactive ketones (excluding diaryl/α,β-unsaturated/α-hetero) is 2. The van der Waals surface area contributed by atoms with Crippen LogP contribution in [0, 0.1) is 5.92 Å². The maximum atomic E-state index is 12.1. The molecule has 1 fully saturated rings. The van der Waals surface area contributed by atoms with Gasteiger partial charge in [-0.05, 0) is 31.9 Å². The first-order chi connectivity index (χ1) is 9.65. The van der Waals surface area contributed by atoms with Crippen molar-refractivity contribution in [2.45, 2.75) is 39.2 Å².